The van der Waals surface area contributed by atoms with Gasteiger partial charge in [0.05, 0.1) is 33.9 Å². The van der Waals surface area contributed by atoms with Gasteiger partial charge < -0.3 is 19.1 Å². The maximum absolute atomic E-state index is 5.97. The third kappa shape index (κ3) is 5.38. The van der Waals surface area contributed by atoms with Gasteiger partial charge in [0.25, 0.3) is 0 Å². The highest BCUT2D eigenvalue weighted by Gasteiger charge is 2.27. The van der Waals surface area contributed by atoms with Crippen LogP contribution in [0.2, 0.25) is 0 Å². The van der Waals surface area contributed by atoms with Crippen LogP contribution in [0, 0.1) is 0 Å². The molecule has 5 heteroatoms. The summed E-state index contributed by atoms with van der Waals surface area (Å²) in [6.45, 7) is 3.17. The number of nitrogens with one attached hydrogen (secondary N) is 1. The van der Waals surface area contributed by atoms with Gasteiger partial charge in [0, 0.05) is 24.4 Å². The fraction of sp³-hybridized carbons (Fsp3) is 0.522. The lowest BCUT2D eigenvalue weighted by Gasteiger charge is -2.32. The molecule has 28 heavy (non-hydrogen) atoms. The molecule has 0 spiro atoms. The van der Waals surface area contributed by atoms with Crippen molar-refractivity contribution in [1.29, 1.82) is 0 Å². The average Bonchev–Trinajstić information content (AvgIpc) is 2.76. The predicted molar refractivity (Wildman–Crippen MR) is 110 cm³/mol. The van der Waals surface area contributed by atoms with Crippen LogP contribution in [0.4, 0.5) is 0 Å². The van der Waals surface area contributed by atoms with E-state index in [1.807, 2.05) is 30.6 Å². The molecule has 0 amide bonds. The Morgan fingerprint density at radius 2 is 1.82 bits per heavy atom. The molecule has 0 saturated carbocycles. The van der Waals surface area contributed by atoms with Crippen molar-refractivity contribution < 1.29 is 19.1 Å². The summed E-state index contributed by atoms with van der Waals surface area (Å²) in [5, 5.41) is 0. The fourth-order valence-corrected chi connectivity index (χ4v) is 4.13. The highest BCUT2D eigenvalue weighted by molar-refractivity contribution is 5.51. The number of benzene rings is 1. The van der Waals surface area contributed by atoms with Gasteiger partial charge in [-0.15, -0.1) is 0 Å². The molecule has 1 aliphatic heterocycles. The summed E-state index contributed by atoms with van der Waals surface area (Å²) >= 11 is 0. The number of hydrogen-bond donors (Lipinski definition) is 1. The standard InChI is InChI=1S/C23H32N2O3/c1-26-21-12-8-13-22(27-2)23(21)28-17-7-3-5-15-25-16-6-4-11-20(25)19-10-9-14-24-18-19/h8-10,12-14,18,20H,3-7,11,15-17H2,1-2H3/p+1/t20-/m0/s1. The number of unbranched alkanes of at least 4 members (excludes halogenated alkanes) is 2. The topological polar surface area (TPSA) is 45.0 Å². The number of rotatable bonds is 10. The first kappa shape index (κ1) is 20.5. The van der Waals surface area contributed by atoms with Gasteiger partial charge in [-0.2, -0.15) is 0 Å². The monoisotopic (exact) mass is 385 g/mol. The number of methoxy groups -OCH3 is 2. The molecule has 0 radical (unpaired) electrons. The summed E-state index contributed by atoms with van der Waals surface area (Å²) in [5.74, 6) is 2.14. The summed E-state index contributed by atoms with van der Waals surface area (Å²) in [7, 11) is 3.31. The number of piperidine rings is 1. The normalized spacial score (nSPS) is 19.2. The highest BCUT2D eigenvalue weighted by atomic mass is 16.5. The van der Waals surface area contributed by atoms with E-state index >= 15 is 0 Å². The van der Waals surface area contributed by atoms with Gasteiger partial charge in [0.15, 0.2) is 11.5 Å². The third-order valence-corrected chi connectivity index (χ3v) is 5.59. The number of ether oxygens (including phenoxy) is 3. The zero-order chi connectivity index (χ0) is 19.6. The summed E-state index contributed by atoms with van der Waals surface area (Å²) in [4.78, 5) is 6.04. The van der Waals surface area contributed by atoms with E-state index < -0.39 is 0 Å². The smallest absolute Gasteiger partial charge is 0.203 e. The molecule has 1 unspecified atom stereocenters. The minimum atomic E-state index is 0.608. The molecule has 1 aliphatic rings. The van der Waals surface area contributed by atoms with Crippen LogP contribution in [-0.2, 0) is 0 Å². The zero-order valence-corrected chi connectivity index (χ0v) is 17.2. The molecular weight excluding hydrogens is 352 g/mol. The second-order valence-corrected chi connectivity index (χ2v) is 7.39. The minimum Gasteiger partial charge on any atom is -0.493 e. The van der Waals surface area contributed by atoms with Crippen molar-refractivity contribution in [3.63, 3.8) is 0 Å². The van der Waals surface area contributed by atoms with Crippen molar-refractivity contribution >= 4 is 0 Å². The fourth-order valence-electron chi connectivity index (χ4n) is 4.13. The molecule has 1 aromatic heterocycles. The van der Waals surface area contributed by atoms with Crippen LogP contribution in [0.3, 0.4) is 0 Å². The Morgan fingerprint density at radius 3 is 2.54 bits per heavy atom. The van der Waals surface area contributed by atoms with E-state index in [9.17, 15) is 0 Å². The van der Waals surface area contributed by atoms with Gasteiger partial charge in [-0.1, -0.05) is 12.1 Å². The Bertz CT molecular complexity index is 686. The van der Waals surface area contributed by atoms with Gasteiger partial charge in [0.1, 0.15) is 6.04 Å². The SMILES string of the molecule is COc1cccc(OC)c1OCCCCC[NH+]1CCCC[C@H]1c1cccnc1. The Kier molecular flexibility index (Phi) is 7.97. The zero-order valence-electron chi connectivity index (χ0n) is 17.2. The van der Waals surface area contributed by atoms with Crippen LogP contribution in [-0.4, -0.2) is 38.9 Å². The van der Waals surface area contributed by atoms with Crippen LogP contribution in [0.15, 0.2) is 42.7 Å². The lowest BCUT2D eigenvalue weighted by Crippen LogP contribution is -3.13. The lowest BCUT2D eigenvalue weighted by molar-refractivity contribution is -0.937. The Balaban J connectivity index is 1.42. The first-order valence-electron chi connectivity index (χ1n) is 10.4. The second-order valence-electron chi connectivity index (χ2n) is 7.39. The average molecular weight is 386 g/mol. The van der Waals surface area contributed by atoms with Crippen molar-refractivity contribution in [1.82, 2.24) is 4.98 Å². The van der Waals surface area contributed by atoms with Crippen LogP contribution >= 0.6 is 0 Å². The molecule has 5 nitrogen and oxygen atoms in total. The Labute approximate surface area is 168 Å². The van der Waals surface area contributed by atoms with E-state index in [4.69, 9.17) is 14.2 Å². The summed E-state index contributed by atoms with van der Waals surface area (Å²) in [5.41, 5.74) is 1.39. The number of nitrogens with zero attached hydrogens (tertiary/aromatic N) is 1. The quantitative estimate of drug-likeness (QED) is 0.636. The molecule has 3 rings (SSSR count). The summed E-state index contributed by atoms with van der Waals surface area (Å²) < 4.78 is 16.7. The second kappa shape index (κ2) is 10.9. The molecule has 1 N–H and O–H groups in total. The number of hydrogen-bond acceptors (Lipinski definition) is 4. The van der Waals surface area contributed by atoms with Gasteiger partial charge in [-0.25, -0.2) is 0 Å². The molecule has 2 heterocycles. The van der Waals surface area contributed by atoms with E-state index in [1.165, 1.54) is 50.8 Å². The van der Waals surface area contributed by atoms with Crippen molar-refractivity contribution in [2.24, 2.45) is 0 Å². The number of aromatic nitrogens is 1. The van der Waals surface area contributed by atoms with Crippen LogP contribution in [0.5, 0.6) is 17.2 Å². The molecule has 1 aromatic carbocycles. The van der Waals surface area contributed by atoms with Crippen molar-refractivity contribution in [3.8, 4) is 17.2 Å². The van der Waals surface area contributed by atoms with E-state index in [-0.39, 0.29) is 0 Å². The van der Waals surface area contributed by atoms with Crippen molar-refractivity contribution in [2.45, 2.75) is 44.6 Å². The largest absolute Gasteiger partial charge is 0.493 e. The lowest BCUT2D eigenvalue weighted by atomic mass is 9.96. The number of para-hydroxylation sites is 1. The summed E-state index contributed by atoms with van der Waals surface area (Å²) in [6.07, 6.45) is 11.3. The molecular formula is C23H33N2O3+. The summed E-state index contributed by atoms with van der Waals surface area (Å²) in [6, 6.07) is 10.6. The van der Waals surface area contributed by atoms with Gasteiger partial charge in [0.2, 0.25) is 5.75 Å². The molecule has 1 fully saturated rings. The first-order chi connectivity index (χ1) is 13.8. The van der Waals surface area contributed by atoms with Gasteiger partial charge in [-0.3, -0.25) is 4.98 Å². The van der Waals surface area contributed by atoms with Crippen molar-refractivity contribution in [2.75, 3.05) is 33.9 Å². The third-order valence-electron chi connectivity index (χ3n) is 5.59. The molecule has 152 valence electrons. The number of pyridine rings is 1. The van der Waals surface area contributed by atoms with E-state index in [1.54, 1.807) is 19.1 Å². The van der Waals surface area contributed by atoms with Gasteiger partial charge in [-0.05, 0) is 50.3 Å². The Hall–Kier alpha value is -2.27. The molecule has 2 atom stereocenters. The molecule has 2 aromatic rings. The highest BCUT2D eigenvalue weighted by Crippen LogP contribution is 2.36. The number of likely N-dealkylation sites (tertiary alicyclic amines) is 1. The predicted octanol–water partition coefficient (Wildman–Crippen LogP) is 3.46. The molecule has 0 bridgehead atoms. The molecule has 1 saturated heterocycles. The van der Waals surface area contributed by atoms with E-state index in [0.717, 1.165) is 17.9 Å². The number of quaternary nitrogens is 1. The van der Waals surface area contributed by atoms with Crippen LogP contribution in [0.1, 0.15) is 50.1 Å². The molecule has 0 aliphatic carbocycles. The van der Waals surface area contributed by atoms with Gasteiger partial charge >= 0.3 is 0 Å². The van der Waals surface area contributed by atoms with Crippen LogP contribution in [0.25, 0.3) is 0 Å². The Morgan fingerprint density at radius 1 is 1.00 bits per heavy atom. The van der Waals surface area contributed by atoms with Crippen LogP contribution < -0.4 is 19.1 Å². The first-order valence-corrected chi connectivity index (χ1v) is 10.4. The van der Waals surface area contributed by atoms with E-state index in [0.29, 0.717) is 18.4 Å². The van der Waals surface area contributed by atoms with Crippen molar-refractivity contribution in [3.05, 3.63) is 48.3 Å². The maximum atomic E-state index is 5.97. The maximum Gasteiger partial charge on any atom is 0.203 e. The van der Waals surface area contributed by atoms with E-state index in [2.05, 4.69) is 17.1 Å². The minimum absolute atomic E-state index is 0.608.